The largest absolute Gasteiger partial charge is 0.394 e. The lowest BCUT2D eigenvalue weighted by atomic mass is 10.0. The quantitative estimate of drug-likeness (QED) is 0.0733. The van der Waals surface area contributed by atoms with E-state index in [1.165, 1.54) is 173 Å². The highest BCUT2D eigenvalue weighted by Gasteiger charge is 2.12. The van der Waals surface area contributed by atoms with E-state index in [1.54, 1.807) is 0 Å². The second-order valence-corrected chi connectivity index (χ2v) is 13.0. The summed E-state index contributed by atoms with van der Waals surface area (Å²) in [5.74, 6) is 0.298. The van der Waals surface area contributed by atoms with Gasteiger partial charge in [0.05, 0.1) is 19.8 Å². The van der Waals surface area contributed by atoms with Crippen LogP contribution in [-0.2, 0) is 9.53 Å². The van der Waals surface area contributed by atoms with Crippen LogP contribution in [0.15, 0.2) is 0 Å². The summed E-state index contributed by atoms with van der Waals surface area (Å²) in [5, 5.41) is 8.98. The van der Waals surface area contributed by atoms with Crippen molar-refractivity contribution in [3.8, 4) is 0 Å². The van der Waals surface area contributed by atoms with Crippen LogP contribution in [-0.4, -0.2) is 48.8 Å². The van der Waals surface area contributed by atoms with Gasteiger partial charge in [0.25, 0.3) is 0 Å². The Balaban J connectivity index is 3.76. The van der Waals surface area contributed by atoms with Crippen LogP contribution in [0.2, 0.25) is 0 Å². The average Bonchev–Trinajstić information content (AvgIpc) is 3.00. The minimum Gasteiger partial charge on any atom is -0.394 e. The zero-order valence-corrected chi connectivity index (χ0v) is 29.0. The van der Waals surface area contributed by atoms with Gasteiger partial charge >= 0.3 is 0 Å². The molecule has 0 aromatic heterocycles. The zero-order chi connectivity index (χ0) is 30.6. The Morgan fingerprint density at radius 1 is 0.452 bits per heavy atom. The van der Waals surface area contributed by atoms with Crippen LogP contribution in [0.3, 0.4) is 0 Å². The summed E-state index contributed by atoms with van der Waals surface area (Å²) in [7, 11) is 0. The molecule has 42 heavy (non-hydrogen) atoms. The number of aliphatic hydroxyl groups is 1. The highest BCUT2D eigenvalue weighted by molar-refractivity contribution is 5.76. The van der Waals surface area contributed by atoms with Crippen LogP contribution in [0.4, 0.5) is 0 Å². The lowest BCUT2D eigenvalue weighted by molar-refractivity contribution is -0.132. The monoisotopic (exact) mass is 596 g/mol. The van der Waals surface area contributed by atoms with E-state index in [4.69, 9.17) is 9.84 Å². The number of rotatable bonds is 36. The molecule has 0 bridgehead atoms. The van der Waals surface area contributed by atoms with E-state index in [-0.39, 0.29) is 6.61 Å². The molecule has 0 saturated heterocycles. The maximum Gasteiger partial charge on any atom is 0.222 e. The van der Waals surface area contributed by atoms with Crippen molar-refractivity contribution < 1.29 is 14.6 Å². The molecule has 0 heterocycles. The Labute approximate surface area is 264 Å². The van der Waals surface area contributed by atoms with Crippen molar-refractivity contribution in [2.45, 2.75) is 206 Å². The third-order valence-corrected chi connectivity index (χ3v) is 8.87. The minimum atomic E-state index is 0.0476. The van der Waals surface area contributed by atoms with Gasteiger partial charge in [0.1, 0.15) is 0 Å². The fourth-order valence-corrected chi connectivity index (χ4v) is 6.01. The van der Waals surface area contributed by atoms with Gasteiger partial charge in [-0.1, -0.05) is 187 Å². The van der Waals surface area contributed by atoms with Gasteiger partial charge < -0.3 is 14.7 Å². The van der Waals surface area contributed by atoms with E-state index in [9.17, 15) is 4.79 Å². The van der Waals surface area contributed by atoms with E-state index >= 15 is 0 Å². The lowest BCUT2D eigenvalue weighted by Gasteiger charge is -2.23. The fourth-order valence-electron chi connectivity index (χ4n) is 6.01. The minimum absolute atomic E-state index is 0.0476. The third-order valence-electron chi connectivity index (χ3n) is 8.87. The van der Waals surface area contributed by atoms with Gasteiger partial charge in [-0.2, -0.15) is 0 Å². The van der Waals surface area contributed by atoms with Gasteiger partial charge in [-0.15, -0.1) is 0 Å². The molecule has 1 amide bonds. The number of carbonyl (C=O) groups excluding carboxylic acids is 1. The first-order valence-corrected chi connectivity index (χ1v) is 19.2. The van der Waals surface area contributed by atoms with Gasteiger partial charge in [-0.25, -0.2) is 0 Å². The standard InChI is InChI=1S/C38H77NO3/c1-3-5-7-9-11-13-15-17-18-19-21-23-25-27-29-31-33-39(34-36-42-37-35-40)38(41)32-30-28-26-24-22-20-16-14-12-10-8-6-4-2/h40H,3-37H2,1-2H3. The molecule has 0 fully saturated rings. The van der Waals surface area contributed by atoms with E-state index in [0.717, 1.165) is 19.4 Å². The maximum absolute atomic E-state index is 12.9. The molecule has 0 rings (SSSR count). The van der Waals surface area contributed by atoms with Crippen LogP contribution < -0.4 is 0 Å². The number of hydrogen-bond donors (Lipinski definition) is 1. The van der Waals surface area contributed by atoms with E-state index in [1.807, 2.05) is 4.90 Å². The highest BCUT2D eigenvalue weighted by Crippen LogP contribution is 2.15. The van der Waals surface area contributed by atoms with Crippen LogP contribution in [0.5, 0.6) is 0 Å². The Morgan fingerprint density at radius 2 is 0.786 bits per heavy atom. The third kappa shape index (κ3) is 32.3. The topological polar surface area (TPSA) is 49.8 Å². The van der Waals surface area contributed by atoms with Gasteiger partial charge in [-0.05, 0) is 12.8 Å². The fraction of sp³-hybridized carbons (Fsp3) is 0.974. The maximum atomic E-state index is 12.9. The number of unbranched alkanes of at least 4 members (excludes halogenated alkanes) is 27. The van der Waals surface area contributed by atoms with Gasteiger partial charge in [-0.3, -0.25) is 4.79 Å². The van der Waals surface area contributed by atoms with Crippen molar-refractivity contribution in [2.24, 2.45) is 0 Å². The molecule has 0 radical (unpaired) electrons. The van der Waals surface area contributed by atoms with Gasteiger partial charge in [0.2, 0.25) is 5.91 Å². The predicted octanol–water partition coefficient (Wildman–Crippen LogP) is 11.6. The van der Waals surface area contributed by atoms with Crippen molar-refractivity contribution in [1.82, 2.24) is 4.90 Å². The molecular weight excluding hydrogens is 518 g/mol. The molecule has 0 aliphatic rings. The SMILES string of the molecule is CCCCCCCCCCCCCCCCCCN(CCOCCO)C(=O)CCCCCCCCCCCCCCC. The number of amides is 1. The molecule has 0 aromatic carbocycles. The van der Waals surface area contributed by atoms with Gasteiger partial charge in [0.15, 0.2) is 0 Å². The van der Waals surface area contributed by atoms with Crippen LogP contribution in [0.1, 0.15) is 206 Å². The second-order valence-electron chi connectivity index (χ2n) is 13.0. The summed E-state index contributed by atoms with van der Waals surface area (Å²) in [4.78, 5) is 15.0. The van der Waals surface area contributed by atoms with Crippen molar-refractivity contribution in [3.05, 3.63) is 0 Å². The molecular formula is C38H77NO3. The van der Waals surface area contributed by atoms with Crippen molar-refractivity contribution in [2.75, 3.05) is 32.9 Å². The normalized spacial score (nSPS) is 11.4. The number of ether oxygens (including phenoxy) is 1. The molecule has 4 nitrogen and oxygen atoms in total. The number of carbonyl (C=O) groups is 1. The predicted molar refractivity (Wildman–Crippen MR) is 184 cm³/mol. The van der Waals surface area contributed by atoms with E-state index in [2.05, 4.69) is 13.8 Å². The summed E-state index contributed by atoms with van der Waals surface area (Å²) >= 11 is 0. The number of nitrogens with zero attached hydrogens (tertiary/aromatic N) is 1. The summed E-state index contributed by atoms with van der Waals surface area (Å²) < 4.78 is 5.47. The number of hydrogen-bond acceptors (Lipinski definition) is 3. The summed E-state index contributed by atoms with van der Waals surface area (Å²) in [6.45, 7) is 7.03. The molecule has 0 atom stereocenters. The molecule has 0 unspecified atom stereocenters. The van der Waals surface area contributed by atoms with E-state index in [0.29, 0.717) is 32.1 Å². The summed E-state index contributed by atoms with van der Waals surface area (Å²) in [5.41, 5.74) is 0. The van der Waals surface area contributed by atoms with E-state index < -0.39 is 0 Å². The smallest absolute Gasteiger partial charge is 0.222 e. The second kappa shape index (κ2) is 36.6. The molecule has 0 aliphatic carbocycles. The van der Waals surface area contributed by atoms with Crippen molar-refractivity contribution >= 4 is 5.91 Å². The van der Waals surface area contributed by atoms with Gasteiger partial charge in [0, 0.05) is 19.5 Å². The van der Waals surface area contributed by atoms with Crippen molar-refractivity contribution in [3.63, 3.8) is 0 Å². The first-order valence-electron chi connectivity index (χ1n) is 19.2. The Hall–Kier alpha value is -0.610. The summed E-state index contributed by atoms with van der Waals surface area (Å²) in [6, 6.07) is 0. The van der Waals surface area contributed by atoms with Crippen molar-refractivity contribution in [1.29, 1.82) is 0 Å². The highest BCUT2D eigenvalue weighted by atomic mass is 16.5. The molecule has 0 aliphatic heterocycles. The Kier molecular flexibility index (Phi) is 36.0. The average molecular weight is 596 g/mol. The molecule has 0 spiro atoms. The molecule has 4 heteroatoms. The van der Waals surface area contributed by atoms with Crippen LogP contribution in [0.25, 0.3) is 0 Å². The Morgan fingerprint density at radius 3 is 1.14 bits per heavy atom. The Bertz CT molecular complexity index is 513. The first-order chi connectivity index (χ1) is 20.8. The molecule has 0 aromatic rings. The molecule has 252 valence electrons. The lowest BCUT2D eigenvalue weighted by Crippen LogP contribution is -2.35. The number of aliphatic hydroxyl groups excluding tert-OH is 1. The molecule has 1 N–H and O–H groups in total. The van der Waals surface area contributed by atoms with Crippen LogP contribution in [0, 0.1) is 0 Å². The summed E-state index contributed by atoms with van der Waals surface area (Å²) in [6.07, 6.45) is 39.9. The molecule has 0 saturated carbocycles. The first kappa shape index (κ1) is 41.4. The van der Waals surface area contributed by atoms with Crippen LogP contribution >= 0.6 is 0 Å². The zero-order valence-electron chi connectivity index (χ0n) is 29.0.